The van der Waals surface area contributed by atoms with E-state index in [1.54, 1.807) is 44.2 Å². The average molecular weight is 417 g/mol. The fraction of sp³-hybridized carbons (Fsp3) is 0.286. The number of ether oxygens (including phenoxy) is 2. The number of carboxylic acids is 1. The first-order valence-corrected chi connectivity index (χ1v) is 10.3. The highest BCUT2D eigenvalue weighted by Crippen LogP contribution is 2.33. The van der Waals surface area contributed by atoms with Crippen LogP contribution in [0.15, 0.2) is 53.6 Å². The summed E-state index contributed by atoms with van der Waals surface area (Å²) >= 11 is 0. The van der Waals surface area contributed by atoms with Crippen molar-refractivity contribution in [2.24, 2.45) is 5.41 Å². The topological polar surface area (TPSA) is 94.8 Å². The molecular formula is C21H23NO6S. The van der Waals surface area contributed by atoms with Gasteiger partial charge in [-0.05, 0) is 68.3 Å². The van der Waals surface area contributed by atoms with Crippen molar-refractivity contribution in [2.75, 3.05) is 14.2 Å². The minimum atomic E-state index is -3.89. The smallest absolute Gasteiger partial charge is 0.309 e. The number of aliphatic carboxylic acids is 1. The number of benzene rings is 2. The Morgan fingerprint density at radius 1 is 1.03 bits per heavy atom. The van der Waals surface area contributed by atoms with Crippen LogP contribution in [0.25, 0.3) is 10.9 Å². The lowest BCUT2D eigenvalue weighted by molar-refractivity contribution is -0.146. The van der Waals surface area contributed by atoms with Gasteiger partial charge in [0.15, 0.2) is 0 Å². The van der Waals surface area contributed by atoms with Gasteiger partial charge in [0.2, 0.25) is 0 Å². The third-order valence-electron chi connectivity index (χ3n) is 4.89. The maximum absolute atomic E-state index is 13.3. The molecule has 0 saturated heterocycles. The Hall–Kier alpha value is -3.00. The molecule has 1 heterocycles. The molecule has 0 spiro atoms. The van der Waals surface area contributed by atoms with Gasteiger partial charge >= 0.3 is 5.97 Å². The van der Waals surface area contributed by atoms with Gasteiger partial charge < -0.3 is 14.6 Å². The Balaban J connectivity index is 2.20. The molecule has 2 aromatic carbocycles. The minimum Gasteiger partial charge on any atom is -0.497 e. The highest BCUT2D eigenvalue weighted by molar-refractivity contribution is 7.90. The minimum absolute atomic E-state index is 0.107. The molecule has 3 rings (SSSR count). The molecule has 3 aromatic rings. The lowest BCUT2D eigenvalue weighted by atomic mass is 9.86. The highest BCUT2D eigenvalue weighted by atomic mass is 32.2. The Morgan fingerprint density at radius 2 is 1.62 bits per heavy atom. The second kappa shape index (κ2) is 7.44. The summed E-state index contributed by atoms with van der Waals surface area (Å²) in [6, 6.07) is 11.2. The van der Waals surface area contributed by atoms with E-state index in [-0.39, 0.29) is 11.3 Å². The van der Waals surface area contributed by atoms with Crippen LogP contribution in [0.1, 0.15) is 19.4 Å². The van der Waals surface area contributed by atoms with Crippen LogP contribution in [0, 0.1) is 5.41 Å². The first kappa shape index (κ1) is 20.7. The summed E-state index contributed by atoms with van der Waals surface area (Å²) in [5.41, 5.74) is 0.00712. The number of aromatic nitrogens is 1. The number of hydrogen-bond donors (Lipinski definition) is 1. The Kier molecular flexibility index (Phi) is 5.32. The van der Waals surface area contributed by atoms with E-state index in [2.05, 4.69) is 0 Å². The average Bonchev–Trinajstić information content (AvgIpc) is 3.05. The van der Waals surface area contributed by atoms with Gasteiger partial charge in [-0.15, -0.1) is 0 Å². The Morgan fingerprint density at radius 3 is 2.17 bits per heavy atom. The van der Waals surface area contributed by atoms with Gasteiger partial charge in [-0.2, -0.15) is 0 Å². The summed E-state index contributed by atoms with van der Waals surface area (Å²) in [5.74, 6) is 0.153. The van der Waals surface area contributed by atoms with Gasteiger partial charge in [0.25, 0.3) is 10.0 Å². The molecule has 0 fully saturated rings. The lowest BCUT2D eigenvalue weighted by Gasteiger charge is -2.18. The standard InChI is InChI=1S/C21H23NO6S/c1-21(2,20(23)24)12-14-13-22(19-10-7-16(28-4)11-18(14)19)29(25,26)17-8-5-15(27-3)6-9-17/h5-11,13H,12H2,1-4H3,(H,23,24). The molecule has 0 aliphatic heterocycles. The number of carboxylic acid groups (broad SMARTS) is 1. The van der Waals surface area contributed by atoms with E-state index in [1.807, 2.05) is 0 Å². The van der Waals surface area contributed by atoms with E-state index in [4.69, 9.17) is 9.47 Å². The first-order chi connectivity index (χ1) is 13.6. The zero-order chi connectivity index (χ0) is 21.4. The van der Waals surface area contributed by atoms with E-state index in [1.165, 1.54) is 36.5 Å². The van der Waals surface area contributed by atoms with Crippen LogP contribution >= 0.6 is 0 Å². The SMILES string of the molecule is COc1ccc(S(=O)(=O)n2cc(CC(C)(C)C(=O)O)c3cc(OC)ccc32)cc1. The molecule has 29 heavy (non-hydrogen) atoms. The van der Waals surface area contributed by atoms with Crippen LogP contribution in [-0.2, 0) is 21.2 Å². The normalized spacial score (nSPS) is 12.1. The van der Waals surface area contributed by atoms with Crippen molar-refractivity contribution in [3.63, 3.8) is 0 Å². The van der Waals surface area contributed by atoms with Crippen molar-refractivity contribution in [3.05, 3.63) is 54.2 Å². The zero-order valence-corrected chi connectivity index (χ0v) is 17.5. The van der Waals surface area contributed by atoms with E-state index < -0.39 is 21.4 Å². The highest BCUT2D eigenvalue weighted by Gasteiger charge is 2.30. The number of rotatable bonds is 7. The predicted octanol–water partition coefficient (Wildman–Crippen LogP) is 3.55. The summed E-state index contributed by atoms with van der Waals surface area (Å²) in [6.45, 7) is 3.22. The van der Waals surface area contributed by atoms with Crippen molar-refractivity contribution >= 4 is 26.9 Å². The van der Waals surface area contributed by atoms with Crippen LogP contribution in [0.5, 0.6) is 11.5 Å². The fourth-order valence-electron chi connectivity index (χ4n) is 3.12. The largest absolute Gasteiger partial charge is 0.497 e. The Bertz CT molecular complexity index is 1160. The van der Waals surface area contributed by atoms with Crippen molar-refractivity contribution in [1.82, 2.24) is 3.97 Å². The second-order valence-electron chi connectivity index (χ2n) is 7.38. The van der Waals surface area contributed by atoms with Crippen molar-refractivity contribution < 1.29 is 27.8 Å². The van der Waals surface area contributed by atoms with E-state index in [9.17, 15) is 18.3 Å². The number of hydrogen-bond acceptors (Lipinski definition) is 5. The molecule has 1 aromatic heterocycles. The number of nitrogens with zero attached hydrogens (tertiary/aromatic N) is 1. The van der Waals surface area contributed by atoms with Crippen LogP contribution in [0.2, 0.25) is 0 Å². The van der Waals surface area contributed by atoms with Crippen molar-refractivity contribution in [2.45, 2.75) is 25.2 Å². The third kappa shape index (κ3) is 3.80. The molecule has 7 nitrogen and oxygen atoms in total. The quantitative estimate of drug-likeness (QED) is 0.632. The van der Waals surface area contributed by atoms with Gasteiger partial charge in [-0.1, -0.05) is 0 Å². The number of carbonyl (C=O) groups is 1. The molecule has 8 heteroatoms. The van der Waals surface area contributed by atoms with Crippen molar-refractivity contribution in [1.29, 1.82) is 0 Å². The molecule has 0 aliphatic rings. The van der Waals surface area contributed by atoms with E-state index in [0.29, 0.717) is 28.0 Å². The van der Waals surface area contributed by atoms with Crippen LogP contribution in [0.3, 0.4) is 0 Å². The lowest BCUT2D eigenvalue weighted by Crippen LogP contribution is -2.26. The molecule has 0 radical (unpaired) electrons. The molecule has 0 bridgehead atoms. The van der Waals surface area contributed by atoms with Gasteiger partial charge in [0, 0.05) is 11.6 Å². The molecule has 154 valence electrons. The predicted molar refractivity (Wildman–Crippen MR) is 109 cm³/mol. The van der Waals surface area contributed by atoms with Crippen LogP contribution in [-0.4, -0.2) is 37.7 Å². The summed E-state index contributed by atoms with van der Waals surface area (Å²) in [7, 11) is -0.865. The Labute approximate surface area is 169 Å². The number of fused-ring (bicyclic) bond motifs is 1. The molecular weight excluding hydrogens is 394 g/mol. The molecule has 0 atom stereocenters. The molecule has 0 unspecified atom stereocenters. The van der Waals surface area contributed by atoms with Crippen LogP contribution < -0.4 is 9.47 Å². The van der Waals surface area contributed by atoms with Gasteiger partial charge in [0.1, 0.15) is 11.5 Å². The van der Waals surface area contributed by atoms with Crippen LogP contribution in [0.4, 0.5) is 0 Å². The first-order valence-electron chi connectivity index (χ1n) is 8.91. The molecule has 0 aliphatic carbocycles. The molecule has 1 N–H and O–H groups in total. The monoisotopic (exact) mass is 417 g/mol. The second-order valence-corrected chi connectivity index (χ2v) is 9.19. The van der Waals surface area contributed by atoms with E-state index in [0.717, 1.165) is 0 Å². The van der Waals surface area contributed by atoms with Gasteiger partial charge in [0.05, 0.1) is 30.0 Å². The van der Waals surface area contributed by atoms with Crippen molar-refractivity contribution in [3.8, 4) is 11.5 Å². The fourth-order valence-corrected chi connectivity index (χ4v) is 4.52. The zero-order valence-electron chi connectivity index (χ0n) is 16.7. The third-order valence-corrected chi connectivity index (χ3v) is 6.58. The maximum atomic E-state index is 13.3. The number of methoxy groups -OCH3 is 2. The summed E-state index contributed by atoms with van der Waals surface area (Å²) in [4.78, 5) is 11.7. The van der Waals surface area contributed by atoms with E-state index >= 15 is 0 Å². The summed E-state index contributed by atoms with van der Waals surface area (Å²) in [5, 5.41) is 10.1. The molecule has 0 saturated carbocycles. The summed E-state index contributed by atoms with van der Waals surface area (Å²) < 4.78 is 38.1. The van der Waals surface area contributed by atoms with Gasteiger partial charge in [-0.3, -0.25) is 4.79 Å². The molecule has 0 amide bonds. The maximum Gasteiger partial charge on any atom is 0.309 e. The summed E-state index contributed by atoms with van der Waals surface area (Å²) in [6.07, 6.45) is 1.66. The van der Waals surface area contributed by atoms with Gasteiger partial charge in [-0.25, -0.2) is 12.4 Å².